The van der Waals surface area contributed by atoms with E-state index in [2.05, 4.69) is 10.3 Å². The molecule has 1 saturated carbocycles. The molecular formula is C14H19N3O2. The SMILES string of the molecule is CC(=O)N(CCNC(=O)C1CC1)Cc1cccnc1. The van der Waals surface area contributed by atoms with Gasteiger partial charge in [-0.2, -0.15) is 0 Å². The lowest BCUT2D eigenvalue weighted by molar-refractivity contribution is -0.130. The van der Waals surface area contributed by atoms with Gasteiger partial charge in [0.05, 0.1) is 0 Å². The first-order valence-electron chi connectivity index (χ1n) is 6.59. The smallest absolute Gasteiger partial charge is 0.223 e. The minimum absolute atomic E-state index is 0.00419. The molecule has 2 amide bonds. The molecule has 1 aromatic heterocycles. The average molecular weight is 261 g/mol. The topological polar surface area (TPSA) is 62.3 Å². The number of hydrogen-bond acceptors (Lipinski definition) is 3. The minimum Gasteiger partial charge on any atom is -0.354 e. The van der Waals surface area contributed by atoms with Gasteiger partial charge in [-0.25, -0.2) is 0 Å². The number of pyridine rings is 1. The molecule has 0 aromatic carbocycles. The summed E-state index contributed by atoms with van der Waals surface area (Å²) in [4.78, 5) is 28.8. The monoisotopic (exact) mass is 261 g/mol. The van der Waals surface area contributed by atoms with Crippen molar-refractivity contribution < 1.29 is 9.59 Å². The van der Waals surface area contributed by atoms with Gasteiger partial charge in [0.15, 0.2) is 0 Å². The molecule has 0 spiro atoms. The van der Waals surface area contributed by atoms with Gasteiger partial charge in [-0.1, -0.05) is 6.07 Å². The molecular weight excluding hydrogens is 242 g/mol. The van der Waals surface area contributed by atoms with Crippen LogP contribution in [0.4, 0.5) is 0 Å². The number of nitrogens with one attached hydrogen (secondary N) is 1. The lowest BCUT2D eigenvalue weighted by atomic mass is 10.2. The molecule has 0 radical (unpaired) electrons. The van der Waals surface area contributed by atoms with E-state index in [1.807, 2.05) is 12.1 Å². The Balaban J connectivity index is 1.79. The third-order valence-electron chi connectivity index (χ3n) is 3.17. The van der Waals surface area contributed by atoms with Crippen molar-refractivity contribution in [3.63, 3.8) is 0 Å². The lowest BCUT2D eigenvalue weighted by Gasteiger charge is -2.21. The highest BCUT2D eigenvalue weighted by atomic mass is 16.2. The molecule has 1 aromatic rings. The van der Waals surface area contributed by atoms with Crippen LogP contribution in [0.2, 0.25) is 0 Å². The molecule has 0 unspecified atom stereocenters. The summed E-state index contributed by atoms with van der Waals surface area (Å²) >= 11 is 0. The third-order valence-corrected chi connectivity index (χ3v) is 3.17. The number of aromatic nitrogens is 1. The Labute approximate surface area is 113 Å². The molecule has 1 heterocycles. The van der Waals surface area contributed by atoms with Crippen molar-refractivity contribution in [2.75, 3.05) is 13.1 Å². The predicted octanol–water partition coefficient (Wildman–Crippen LogP) is 0.956. The van der Waals surface area contributed by atoms with Crippen LogP contribution in [0.5, 0.6) is 0 Å². The number of carbonyl (C=O) groups is 2. The van der Waals surface area contributed by atoms with Crippen LogP contribution in [0.25, 0.3) is 0 Å². The van der Waals surface area contributed by atoms with Gasteiger partial charge in [-0.05, 0) is 24.5 Å². The summed E-state index contributed by atoms with van der Waals surface area (Å²) in [7, 11) is 0. The molecule has 0 aliphatic heterocycles. The average Bonchev–Trinajstić information content (AvgIpc) is 3.22. The molecule has 0 bridgehead atoms. The van der Waals surface area contributed by atoms with Crippen LogP contribution < -0.4 is 5.32 Å². The largest absolute Gasteiger partial charge is 0.354 e. The van der Waals surface area contributed by atoms with E-state index in [4.69, 9.17) is 0 Å². The Morgan fingerprint density at radius 1 is 1.47 bits per heavy atom. The van der Waals surface area contributed by atoms with Gasteiger partial charge in [0.1, 0.15) is 0 Å². The van der Waals surface area contributed by atoms with Gasteiger partial charge in [0.2, 0.25) is 11.8 Å². The fourth-order valence-corrected chi connectivity index (χ4v) is 1.86. The summed E-state index contributed by atoms with van der Waals surface area (Å²) in [5, 5.41) is 2.87. The summed E-state index contributed by atoms with van der Waals surface area (Å²) < 4.78 is 0. The normalized spacial score (nSPS) is 13.9. The molecule has 5 heteroatoms. The van der Waals surface area contributed by atoms with Crippen LogP contribution in [0, 0.1) is 5.92 Å². The maximum absolute atomic E-state index is 11.6. The van der Waals surface area contributed by atoms with E-state index in [0.717, 1.165) is 18.4 Å². The molecule has 1 N–H and O–H groups in total. The van der Waals surface area contributed by atoms with Crippen LogP contribution in [-0.4, -0.2) is 34.8 Å². The van der Waals surface area contributed by atoms with Crippen LogP contribution in [0.1, 0.15) is 25.3 Å². The van der Waals surface area contributed by atoms with Crippen molar-refractivity contribution in [2.24, 2.45) is 5.92 Å². The van der Waals surface area contributed by atoms with Crippen LogP contribution in [0.3, 0.4) is 0 Å². The van der Waals surface area contributed by atoms with Crippen LogP contribution in [0.15, 0.2) is 24.5 Å². The molecule has 0 atom stereocenters. The molecule has 19 heavy (non-hydrogen) atoms. The number of rotatable bonds is 6. The second-order valence-electron chi connectivity index (χ2n) is 4.87. The van der Waals surface area contributed by atoms with Crippen LogP contribution >= 0.6 is 0 Å². The highest BCUT2D eigenvalue weighted by molar-refractivity contribution is 5.80. The van der Waals surface area contributed by atoms with E-state index in [1.54, 1.807) is 24.2 Å². The van der Waals surface area contributed by atoms with Crippen molar-refractivity contribution in [1.82, 2.24) is 15.2 Å². The van der Waals surface area contributed by atoms with E-state index in [1.165, 1.54) is 0 Å². The first-order chi connectivity index (χ1) is 9.16. The molecule has 5 nitrogen and oxygen atoms in total. The first kappa shape index (κ1) is 13.5. The first-order valence-corrected chi connectivity index (χ1v) is 6.59. The van der Waals surface area contributed by atoms with E-state index >= 15 is 0 Å². The molecule has 102 valence electrons. The Kier molecular flexibility index (Phi) is 4.49. The van der Waals surface area contributed by atoms with Crippen molar-refractivity contribution in [3.8, 4) is 0 Å². The molecule has 1 aliphatic carbocycles. The van der Waals surface area contributed by atoms with Gasteiger partial charge in [-0.15, -0.1) is 0 Å². The summed E-state index contributed by atoms with van der Waals surface area (Å²) in [6, 6.07) is 3.79. The standard InChI is InChI=1S/C14H19N3O2/c1-11(18)17(10-12-3-2-6-15-9-12)8-7-16-14(19)13-4-5-13/h2-3,6,9,13H,4-5,7-8,10H2,1H3,(H,16,19). The van der Waals surface area contributed by atoms with Gasteiger partial charge in [0, 0.05) is 44.9 Å². The minimum atomic E-state index is 0.00419. The lowest BCUT2D eigenvalue weighted by Crippen LogP contribution is -2.37. The molecule has 1 fully saturated rings. The summed E-state index contributed by atoms with van der Waals surface area (Å²) in [6.07, 6.45) is 5.45. The van der Waals surface area contributed by atoms with Crippen molar-refractivity contribution >= 4 is 11.8 Å². The number of nitrogens with zero attached hydrogens (tertiary/aromatic N) is 2. The zero-order chi connectivity index (χ0) is 13.7. The second kappa shape index (κ2) is 6.31. The Hall–Kier alpha value is -1.91. The van der Waals surface area contributed by atoms with Crippen LogP contribution in [-0.2, 0) is 16.1 Å². The van der Waals surface area contributed by atoms with E-state index < -0.39 is 0 Å². The van der Waals surface area contributed by atoms with Crippen molar-refractivity contribution in [2.45, 2.75) is 26.3 Å². The zero-order valence-electron chi connectivity index (χ0n) is 11.1. The van der Waals surface area contributed by atoms with Gasteiger partial charge in [-0.3, -0.25) is 14.6 Å². The van der Waals surface area contributed by atoms with Gasteiger partial charge >= 0.3 is 0 Å². The van der Waals surface area contributed by atoms with Crippen molar-refractivity contribution in [1.29, 1.82) is 0 Å². The highest BCUT2D eigenvalue weighted by Crippen LogP contribution is 2.28. The fourth-order valence-electron chi connectivity index (χ4n) is 1.86. The molecule has 0 saturated heterocycles. The Morgan fingerprint density at radius 2 is 2.26 bits per heavy atom. The maximum Gasteiger partial charge on any atom is 0.223 e. The predicted molar refractivity (Wildman–Crippen MR) is 71.1 cm³/mol. The number of carbonyl (C=O) groups excluding carboxylic acids is 2. The van der Waals surface area contributed by atoms with E-state index in [9.17, 15) is 9.59 Å². The summed E-state index contributed by atoms with van der Waals surface area (Å²) in [5.41, 5.74) is 0.992. The van der Waals surface area contributed by atoms with Gasteiger partial charge < -0.3 is 10.2 Å². The third kappa shape index (κ3) is 4.35. The highest BCUT2D eigenvalue weighted by Gasteiger charge is 2.29. The second-order valence-corrected chi connectivity index (χ2v) is 4.87. The zero-order valence-corrected chi connectivity index (χ0v) is 11.1. The summed E-state index contributed by atoms with van der Waals surface area (Å²) in [5.74, 6) is 0.332. The van der Waals surface area contributed by atoms with Crippen molar-refractivity contribution in [3.05, 3.63) is 30.1 Å². The number of hydrogen-bond donors (Lipinski definition) is 1. The maximum atomic E-state index is 11.6. The quantitative estimate of drug-likeness (QED) is 0.829. The molecule has 2 rings (SSSR count). The Morgan fingerprint density at radius 3 is 2.84 bits per heavy atom. The number of amides is 2. The van der Waals surface area contributed by atoms with Gasteiger partial charge in [0.25, 0.3) is 0 Å². The molecule has 1 aliphatic rings. The fraction of sp³-hybridized carbons (Fsp3) is 0.500. The Bertz CT molecular complexity index is 443. The van der Waals surface area contributed by atoms with E-state index in [0.29, 0.717) is 19.6 Å². The van der Waals surface area contributed by atoms with E-state index in [-0.39, 0.29) is 17.7 Å². The summed E-state index contributed by atoms with van der Waals surface area (Å²) in [6.45, 7) is 3.11.